The predicted molar refractivity (Wildman–Crippen MR) is 305 cm³/mol. The summed E-state index contributed by atoms with van der Waals surface area (Å²) in [5.74, 6) is 23.1. The molecule has 0 amide bonds. The second-order valence-electron chi connectivity index (χ2n) is 17.0. The molecule has 0 saturated carbocycles. The van der Waals surface area contributed by atoms with Crippen LogP contribution in [0.1, 0.15) is 89.0 Å². The molecule has 0 radical (unpaired) electrons. The van der Waals surface area contributed by atoms with Crippen molar-refractivity contribution in [1.29, 1.82) is 0 Å². The normalized spacial score (nSPS) is 11.9. The van der Waals surface area contributed by atoms with E-state index in [9.17, 15) is 52.7 Å². The number of thiol groups is 4. The van der Waals surface area contributed by atoms with E-state index >= 15 is 0 Å². The largest absolute Gasteiger partial charge is 0.416 e. The van der Waals surface area contributed by atoms with Crippen molar-refractivity contribution in [1.82, 2.24) is 0 Å². The van der Waals surface area contributed by atoms with Gasteiger partial charge in [0.1, 0.15) is 0 Å². The Morgan fingerprint density at radius 3 is 0.432 bits per heavy atom. The van der Waals surface area contributed by atoms with Crippen LogP contribution in [0.2, 0.25) is 0 Å². The molecular weight excluding hydrogens is 1180 g/mol. The van der Waals surface area contributed by atoms with Gasteiger partial charge in [-0.1, -0.05) is 95.9 Å². The first-order chi connectivity index (χ1) is 37.8. The van der Waals surface area contributed by atoms with Crippen molar-refractivity contribution < 1.29 is 69.2 Å². The zero-order valence-electron chi connectivity index (χ0n) is 41.1. The molecule has 8 aromatic carbocycles. The van der Waals surface area contributed by atoms with Crippen LogP contribution in [0.25, 0.3) is 19.6 Å². The van der Waals surface area contributed by atoms with Crippen LogP contribution in [0.4, 0.5) is 52.7 Å². The summed E-state index contributed by atoms with van der Waals surface area (Å²) < 4.78 is 152. The fourth-order valence-corrected chi connectivity index (χ4v) is 8.05. The summed E-state index contributed by atoms with van der Waals surface area (Å²) in [5.41, 5.74) is 4.88. The van der Waals surface area contributed by atoms with Crippen molar-refractivity contribution in [2.45, 2.75) is 24.7 Å². The Labute approximate surface area is 491 Å². The molecule has 0 saturated heterocycles. The van der Waals surface area contributed by atoms with Gasteiger partial charge in [0.25, 0.3) is 0 Å². The number of benzene rings is 8. The molecule has 0 N–H and O–H groups in total. The van der Waals surface area contributed by atoms with Crippen LogP contribution in [-0.2, 0) is 41.2 Å². The Hall–Kier alpha value is -7.47. The molecule has 0 bridgehead atoms. The van der Waals surface area contributed by atoms with Crippen LogP contribution in [-0.4, -0.2) is 0 Å². The maximum atomic E-state index is 12.7. The van der Waals surface area contributed by atoms with Crippen LogP contribution in [0, 0.1) is 47.4 Å². The summed E-state index contributed by atoms with van der Waals surface area (Å²) in [6.07, 6.45) is -17.6. The molecule has 0 aliphatic heterocycles. The van der Waals surface area contributed by atoms with Crippen molar-refractivity contribution in [2.75, 3.05) is 0 Å². The molecule has 0 unspecified atom stereocenters. The molecule has 0 aliphatic carbocycles. The first-order valence-electron chi connectivity index (χ1n) is 23.2. The average molecular weight is 1220 g/mol. The molecule has 81 heavy (non-hydrogen) atoms. The number of alkyl halides is 12. The zero-order valence-corrected chi connectivity index (χ0v) is 45.7. The summed E-state index contributed by atoms with van der Waals surface area (Å²) in [6.45, 7) is 0. The first kappa shape index (κ1) is 62.7. The minimum Gasteiger partial charge on any atom is -0.166 e. The summed E-state index contributed by atoms with van der Waals surface area (Å²) in [4.78, 5) is 2.48. The fraction of sp³-hybridized carbons (Fsp3) is 0.0625. The Morgan fingerprint density at radius 2 is 0.321 bits per heavy atom. The summed E-state index contributed by atoms with van der Waals surface area (Å²) >= 11 is 18.5. The van der Waals surface area contributed by atoms with Gasteiger partial charge in [0.2, 0.25) is 0 Å². The van der Waals surface area contributed by atoms with Gasteiger partial charge in [-0.25, -0.2) is 0 Å². The van der Waals surface area contributed by atoms with Gasteiger partial charge in [-0.2, -0.15) is 52.7 Å². The topological polar surface area (TPSA) is 0 Å². The fourth-order valence-electron chi connectivity index (χ4n) is 6.94. The predicted octanol–water partition coefficient (Wildman–Crippen LogP) is 18.4. The quantitative estimate of drug-likeness (QED) is 0.0436. The van der Waals surface area contributed by atoms with Gasteiger partial charge in [-0.3, -0.25) is 0 Å². The molecule has 0 spiro atoms. The molecule has 0 aromatic heterocycles. The average Bonchev–Trinajstić information content (AvgIpc) is 3.46. The molecule has 8 aromatic rings. The molecule has 17 heteroatoms. The van der Waals surface area contributed by atoms with Crippen molar-refractivity contribution >= 4 is 70.1 Å². The van der Waals surface area contributed by atoms with Crippen molar-refractivity contribution in [3.63, 3.8) is 0 Å². The molecule has 0 nitrogen and oxygen atoms in total. The van der Waals surface area contributed by atoms with Crippen LogP contribution in [0.3, 0.4) is 0 Å². The number of rotatable bonds is 4. The number of halogens is 12. The van der Waals surface area contributed by atoms with E-state index in [1.807, 2.05) is 48.5 Å². The third-order valence-corrected chi connectivity index (χ3v) is 13.6. The van der Waals surface area contributed by atoms with E-state index in [1.165, 1.54) is 48.5 Å². The summed E-state index contributed by atoms with van der Waals surface area (Å²) in [7, 11) is 0. The van der Waals surface area contributed by atoms with Crippen LogP contribution < -0.4 is 0 Å². The van der Waals surface area contributed by atoms with Gasteiger partial charge < -0.3 is 0 Å². The maximum Gasteiger partial charge on any atom is 0.416 e. The van der Waals surface area contributed by atoms with E-state index in [-0.39, 0.29) is 16.5 Å². The SMILES string of the molecule is FC(F)(F)c1ccc(C#Cc2ccc(C(S)=C(S)c3ccc(C#Cc4ccc(C(F)(F)F)cc4)cc3)cc2)cc1.FC(F)(F)c1ccc(C#Cc2ccc(C(S)=C(S)c3ccc(C#Cc4ccc(C(F)(F)F)cc4)cc3)cc2)cc1.[Ni]. The number of hydrogen-bond donors (Lipinski definition) is 4. The Balaban J connectivity index is 0.000000258. The first-order valence-corrected chi connectivity index (χ1v) is 25.0. The van der Waals surface area contributed by atoms with Crippen molar-refractivity contribution in [2.24, 2.45) is 0 Å². The van der Waals surface area contributed by atoms with Gasteiger partial charge in [0.15, 0.2) is 0 Å². The van der Waals surface area contributed by atoms with E-state index in [2.05, 4.69) is 97.9 Å². The monoisotopic (exact) mass is 1220 g/mol. The molecule has 0 atom stereocenters. The van der Waals surface area contributed by atoms with Crippen LogP contribution in [0.5, 0.6) is 0 Å². The van der Waals surface area contributed by atoms with E-state index in [4.69, 9.17) is 0 Å². The van der Waals surface area contributed by atoms with E-state index in [0.717, 1.165) is 70.8 Å². The van der Waals surface area contributed by atoms with Gasteiger partial charge in [-0.15, -0.1) is 50.5 Å². The van der Waals surface area contributed by atoms with E-state index < -0.39 is 47.0 Å². The van der Waals surface area contributed by atoms with Gasteiger partial charge in [-0.05, 0) is 168 Å². The standard InChI is InChI=1S/2C32H18F6S2.Ni/c2*33-31(34,35)27-17-9-23(10-18-27)3-1-21-5-13-25(14-6-21)29(39)30(40)26-15-7-22(8-16-26)2-4-24-11-19-28(20-12-24)32(36,37)38;/h2*5-20,39-40H;. The van der Waals surface area contributed by atoms with Crippen LogP contribution in [0.15, 0.2) is 194 Å². The van der Waals surface area contributed by atoms with Gasteiger partial charge in [0.05, 0.1) is 22.3 Å². The van der Waals surface area contributed by atoms with Gasteiger partial charge >= 0.3 is 24.7 Å². The Bertz CT molecular complexity index is 3290. The molecule has 0 fully saturated rings. The zero-order chi connectivity index (χ0) is 57.8. The third-order valence-electron chi connectivity index (χ3n) is 11.3. The van der Waals surface area contributed by atoms with Crippen LogP contribution >= 0.6 is 50.5 Å². The Kier molecular flexibility index (Phi) is 21.2. The molecule has 0 heterocycles. The third kappa shape index (κ3) is 18.3. The van der Waals surface area contributed by atoms with Crippen molar-refractivity contribution in [3.05, 3.63) is 283 Å². The van der Waals surface area contributed by atoms with E-state index in [0.29, 0.717) is 64.1 Å². The Morgan fingerprint density at radius 1 is 0.210 bits per heavy atom. The maximum absolute atomic E-state index is 12.7. The second kappa shape index (κ2) is 27.3. The molecular formula is C64H36F12NiS4. The minimum absolute atomic E-state index is 0. The van der Waals surface area contributed by atoms with E-state index in [1.54, 1.807) is 48.5 Å². The van der Waals surface area contributed by atoms with Crippen molar-refractivity contribution in [3.8, 4) is 47.4 Å². The summed E-state index contributed by atoms with van der Waals surface area (Å²) in [5, 5.41) is 0. The second-order valence-corrected chi connectivity index (χ2v) is 18.8. The number of hydrogen-bond acceptors (Lipinski definition) is 4. The molecule has 410 valence electrons. The minimum atomic E-state index is -4.39. The molecule has 8 rings (SSSR count). The smallest absolute Gasteiger partial charge is 0.166 e. The summed E-state index contributed by atoms with van der Waals surface area (Å²) in [6, 6.07) is 47.4. The van der Waals surface area contributed by atoms with Gasteiger partial charge in [0, 0.05) is 80.6 Å². The molecule has 0 aliphatic rings.